The summed E-state index contributed by atoms with van der Waals surface area (Å²) in [6.07, 6.45) is -5.08. The largest absolute Gasteiger partial charge is 0.471 e. The van der Waals surface area contributed by atoms with Gasteiger partial charge in [-0.25, -0.2) is 0 Å². The fraction of sp³-hybridized carbons (Fsp3) is 0.778. The van der Waals surface area contributed by atoms with Gasteiger partial charge in [0, 0.05) is 19.0 Å². The van der Waals surface area contributed by atoms with Crippen molar-refractivity contribution in [3.8, 4) is 0 Å². The zero-order chi connectivity index (χ0) is 12.9. The molecule has 7 heteroatoms. The summed E-state index contributed by atoms with van der Waals surface area (Å²) >= 11 is 5.24. The second kappa shape index (κ2) is 6.08. The molecule has 0 N–H and O–H groups in total. The van der Waals surface area contributed by atoms with Crippen LogP contribution in [-0.4, -0.2) is 41.2 Å². The number of carbonyl (C=O) groups excluding carboxylic acids is 2. The molecule has 0 aromatic heterocycles. The fourth-order valence-corrected chi connectivity index (χ4v) is 1.42. The molecule has 0 saturated carbocycles. The third-order valence-corrected chi connectivity index (χ3v) is 2.35. The van der Waals surface area contributed by atoms with Gasteiger partial charge >= 0.3 is 12.1 Å². The fourth-order valence-electron chi connectivity index (χ4n) is 1.31. The lowest BCUT2D eigenvalue weighted by Crippen LogP contribution is -2.46. The Morgan fingerprint density at radius 2 is 1.88 bits per heavy atom. The highest BCUT2D eigenvalue weighted by Gasteiger charge is 2.43. The molecule has 0 saturated heterocycles. The van der Waals surface area contributed by atoms with E-state index in [1.807, 2.05) is 0 Å². The lowest BCUT2D eigenvalue weighted by Gasteiger charge is -2.28. The lowest BCUT2D eigenvalue weighted by molar-refractivity contribution is -0.187. The van der Waals surface area contributed by atoms with Crippen molar-refractivity contribution in [2.24, 2.45) is 0 Å². The maximum Gasteiger partial charge on any atom is 0.471 e. The van der Waals surface area contributed by atoms with Gasteiger partial charge in [0.1, 0.15) is 5.78 Å². The topological polar surface area (TPSA) is 37.4 Å². The molecule has 1 amide bonds. The molecule has 0 aliphatic heterocycles. The number of alkyl halides is 4. The Bertz CT molecular complexity index is 268. The van der Waals surface area contributed by atoms with Gasteiger partial charge in [-0.05, 0) is 13.8 Å². The molecule has 0 aliphatic carbocycles. The molecule has 3 nitrogen and oxygen atoms in total. The number of amides is 1. The summed E-state index contributed by atoms with van der Waals surface area (Å²) in [7, 11) is 0. The first kappa shape index (κ1) is 15.2. The summed E-state index contributed by atoms with van der Waals surface area (Å²) in [5.74, 6) is -2.57. The van der Waals surface area contributed by atoms with E-state index in [1.165, 1.54) is 13.8 Å². The van der Waals surface area contributed by atoms with Crippen molar-refractivity contribution in [1.82, 2.24) is 4.90 Å². The third-order valence-electron chi connectivity index (χ3n) is 2.05. The molecule has 0 bridgehead atoms. The smallest absolute Gasteiger partial charge is 0.332 e. The summed E-state index contributed by atoms with van der Waals surface area (Å²) in [5, 5.41) is 0. The molecule has 0 aromatic carbocycles. The minimum absolute atomic E-state index is 0.102. The van der Waals surface area contributed by atoms with Gasteiger partial charge in [-0.3, -0.25) is 9.59 Å². The Hall–Kier alpha value is -0.780. The van der Waals surface area contributed by atoms with Gasteiger partial charge in [0.2, 0.25) is 0 Å². The number of rotatable bonds is 5. The van der Waals surface area contributed by atoms with E-state index in [-0.39, 0.29) is 24.6 Å². The number of nitrogens with zero attached hydrogens (tertiary/aromatic N) is 1. The van der Waals surface area contributed by atoms with E-state index < -0.39 is 18.1 Å². The molecular formula is C9H13ClF3NO2. The number of hydrogen-bond acceptors (Lipinski definition) is 2. The molecule has 16 heavy (non-hydrogen) atoms. The Morgan fingerprint density at radius 1 is 1.38 bits per heavy atom. The van der Waals surface area contributed by atoms with E-state index in [2.05, 4.69) is 0 Å². The first-order chi connectivity index (χ1) is 7.23. The third kappa shape index (κ3) is 4.38. The van der Waals surface area contributed by atoms with Crippen LogP contribution < -0.4 is 0 Å². The van der Waals surface area contributed by atoms with E-state index in [0.717, 1.165) is 0 Å². The molecule has 94 valence electrons. The Labute approximate surface area is 96.5 Å². The minimum atomic E-state index is -4.91. The zero-order valence-corrected chi connectivity index (χ0v) is 9.73. The van der Waals surface area contributed by atoms with Crippen LogP contribution in [-0.2, 0) is 9.59 Å². The second-order valence-electron chi connectivity index (χ2n) is 3.31. The van der Waals surface area contributed by atoms with E-state index in [0.29, 0.717) is 4.90 Å². The van der Waals surface area contributed by atoms with Crippen molar-refractivity contribution in [3.63, 3.8) is 0 Å². The van der Waals surface area contributed by atoms with Crippen LogP contribution in [0, 0.1) is 0 Å². The van der Waals surface area contributed by atoms with Crippen LogP contribution in [0.15, 0.2) is 0 Å². The van der Waals surface area contributed by atoms with Gasteiger partial charge in [0.25, 0.3) is 0 Å². The van der Waals surface area contributed by atoms with Gasteiger partial charge in [-0.1, -0.05) is 0 Å². The highest BCUT2D eigenvalue weighted by molar-refractivity contribution is 6.27. The van der Waals surface area contributed by atoms with Crippen LogP contribution in [0.2, 0.25) is 0 Å². The van der Waals surface area contributed by atoms with Crippen LogP contribution in [0.5, 0.6) is 0 Å². The van der Waals surface area contributed by atoms with Gasteiger partial charge in [-0.2, -0.15) is 13.2 Å². The van der Waals surface area contributed by atoms with Gasteiger partial charge < -0.3 is 4.90 Å². The van der Waals surface area contributed by atoms with E-state index in [9.17, 15) is 22.8 Å². The molecule has 0 radical (unpaired) electrons. The minimum Gasteiger partial charge on any atom is -0.332 e. The maximum absolute atomic E-state index is 12.2. The molecule has 0 rings (SSSR count). The number of hydrogen-bond donors (Lipinski definition) is 0. The van der Waals surface area contributed by atoms with E-state index in [1.54, 1.807) is 0 Å². The highest BCUT2D eigenvalue weighted by Crippen LogP contribution is 2.20. The van der Waals surface area contributed by atoms with Crippen LogP contribution in [0.25, 0.3) is 0 Å². The lowest BCUT2D eigenvalue weighted by atomic mass is 10.1. The molecule has 0 aromatic rings. The molecule has 0 fully saturated rings. The summed E-state index contributed by atoms with van der Waals surface area (Å²) in [6, 6.07) is -0.801. The van der Waals surface area contributed by atoms with Crippen LogP contribution in [0.3, 0.4) is 0 Å². The van der Waals surface area contributed by atoms with Crippen LogP contribution in [0.4, 0.5) is 13.2 Å². The monoisotopic (exact) mass is 259 g/mol. The summed E-state index contributed by atoms with van der Waals surface area (Å²) in [4.78, 5) is 22.5. The van der Waals surface area contributed by atoms with Gasteiger partial charge in [0.05, 0.1) is 5.88 Å². The summed E-state index contributed by atoms with van der Waals surface area (Å²) in [5.41, 5.74) is 0. The highest BCUT2D eigenvalue weighted by atomic mass is 35.5. The predicted octanol–water partition coefficient (Wildman–Crippen LogP) is 1.98. The van der Waals surface area contributed by atoms with Crippen molar-refractivity contribution < 1.29 is 22.8 Å². The van der Waals surface area contributed by atoms with E-state index in [4.69, 9.17) is 11.6 Å². The van der Waals surface area contributed by atoms with E-state index >= 15 is 0 Å². The standard InChI is InChI=1S/C9H13ClF3NO2/c1-3-14(8(16)9(11,12)13)6(2)4-7(15)5-10/h6H,3-5H2,1-2H3. The Morgan fingerprint density at radius 3 is 2.19 bits per heavy atom. The van der Waals surface area contributed by atoms with Crippen molar-refractivity contribution in [2.75, 3.05) is 12.4 Å². The number of Topliss-reactive ketones (excluding diaryl/α,β-unsaturated/α-hetero) is 1. The van der Waals surface area contributed by atoms with Crippen molar-refractivity contribution in [3.05, 3.63) is 0 Å². The Kier molecular flexibility index (Phi) is 5.78. The normalized spacial score (nSPS) is 13.4. The second-order valence-corrected chi connectivity index (χ2v) is 3.58. The average molecular weight is 260 g/mol. The first-order valence-electron chi connectivity index (χ1n) is 4.69. The maximum atomic E-state index is 12.2. The van der Waals surface area contributed by atoms with Crippen molar-refractivity contribution in [1.29, 1.82) is 0 Å². The molecule has 0 heterocycles. The SMILES string of the molecule is CCN(C(=O)C(F)(F)F)C(C)CC(=O)CCl. The molecule has 0 spiro atoms. The molecule has 0 aliphatic rings. The van der Waals surface area contributed by atoms with Crippen LogP contribution in [0.1, 0.15) is 20.3 Å². The number of ketones is 1. The number of halogens is 4. The molecular weight excluding hydrogens is 247 g/mol. The number of carbonyl (C=O) groups is 2. The van der Waals surface area contributed by atoms with Gasteiger partial charge in [0.15, 0.2) is 0 Å². The van der Waals surface area contributed by atoms with Crippen molar-refractivity contribution >= 4 is 23.3 Å². The average Bonchev–Trinajstić information content (AvgIpc) is 2.17. The predicted molar refractivity (Wildman–Crippen MR) is 53.2 cm³/mol. The quantitative estimate of drug-likeness (QED) is 0.708. The Balaban J connectivity index is 4.61. The first-order valence-corrected chi connectivity index (χ1v) is 5.22. The zero-order valence-electron chi connectivity index (χ0n) is 8.97. The summed E-state index contributed by atoms with van der Waals surface area (Å²) in [6.45, 7) is 2.71. The van der Waals surface area contributed by atoms with Gasteiger partial charge in [-0.15, -0.1) is 11.6 Å². The van der Waals surface area contributed by atoms with Crippen molar-refractivity contribution in [2.45, 2.75) is 32.5 Å². The summed E-state index contributed by atoms with van der Waals surface area (Å²) < 4.78 is 36.5. The van der Waals surface area contributed by atoms with Crippen LogP contribution >= 0.6 is 11.6 Å². The molecule has 1 atom stereocenters. The molecule has 1 unspecified atom stereocenters.